The standard InChI is InChI=1S/C13H9Cl2N3S/c14-8-3-1-2-7(4-8)9-5-11(9)17-13-10(6-16)12(15)18-19-13/h1-4,9,11,17H,5H2/t9-,11+/m1/s1. The van der Waals surface area contributed by atoms with Crippen LogP contribution >= 0.6 is 34.7 Å². The summed E-state index contributed by atoms with van der Waals surface area (Å²) in [6.07, 6.45) is 1.03. The third kappa shape index (κ3) is 2.55. The van der Waals surface area contributed by atoms with Gasteiger partial charge >= 0.3 is 0 Å². The minimum atomic E-state index is 0.273. The average molecular weight is 310 g/mol. The van der Waals surface area contributed by atoms with Crippen LogP contribution in [0.5, 0.6) is 0 Å². The molecule has 0 spiro atoms. The Morgan fingerprint density at radius 1 is 1.42 bits per heavy atom. The molecule has 2 atom stereocenters. The summed E-state index contributed by atoms with van der Waals surface area (Å²) in [6, 6.07) is 10.3. The highest BCUT2D eigenvalue weighted by Crippen LogP contribution is 2.44. The van der Waals surface area contributed by atoms with Gasteiger partial charge in [-0.25, -0.2) is 0 Å². The SMILES string of the molecule is N#Cc1c(Cl)nsc1N[C@H]1C[C@@H]1c1cccc(Cl)c1. The van der Waals surface area contributed by atoms with Crippen LogP contribution in [-0.4, -0.2) is 10.4 Å². The van der Waals surface area contributed by atoms with Crippen molar-refractivity contribution in [3.05, 3.63) is 45.6 Å². The molecular weight excluding hydrogens is 301 g/mol. The van der Waals surface area contributed by atoms with Crippen molar-refractivity contribution < 1.29 is 0 Å². The number of nitriles is 1. The predicted octanol–water partition coefficient (Wildman–Crippen LogP) is 4.29. The topological polar surface area (TPSA) is 48.7 Å². The van der Waals surface area contributed by atoms with Gasteiger partial charge in [0.15, 0.2) is 5.15 Å². The molecule has 0 bridgehead atoms. The summed E-state index contributed by atoms with van der Waals surface area (Å²) in [5, 5.41) is 14.1. The van der Waals surface area contributed by atoms with Crippen LogP contribution in [0.3, 0.4) is 0 Å². The van der Waals surface area contributed by atoms with E-state index in [4.69, 9.17) is 28.5 Å². The molecule has 1 heterocycles. The van der Waals surface area contributed by atoms with Crippen molar-refractivity contribution in [1.82, 2.24) is 4.37 Å². The Balaban J connectivity index is 1.73. The number of benzene rings is 1. The Morgan fingerprint density at radius 3 is 3.00 bits per heavy atom. The lowest BCUT2D eigenvalue weighted by Crippen LogP contribution is -2.03. The zero-order valence-corrected chi connectivity index (χ0v) is 12.1. The fraction of sp³-hybridized carbons (Fsp3) is 0.231. The molecule has 1 saturated carbocycles. The minimum absolute atomic E-state index is 0.273. The van der Waals surface area contributed by atoms with E-state index < -0.39 is 0 Å². The first-order valence-corrected chi connectivity index (χ1v) is 7.29. The highest BCUT2D eigenvalue weighted by atomic mass is 35.5. The Labute approximate surface area is 124 Å². The van der Waals surface area contributed by atoms with Crippen molar-refractivity contribution in [2.75, 3.05) is 5.32 Å². The van der Waals surface area contributed by atoms with Crippen LogP contribution in [0, 0.1) is 11.3 Å². The molecule has 1 aliphatic rings. The van der Waals surface area contributed by atoms with Crippen LogP contribution in [0.1, 0.15) is 23.5 Å². The first kappa shape index (κ1) is 12.7. The molecule has 0 saturated heterocycles. The zero-order chi connectivity index (χ0) is 13.4. The van der Waals surface area contributed by atoms with Gasteiger partial charge in [-0.2, -0.15) is 9.64 Å². The molecule has 1 aromatic heterocycles. The normalized spacial score (nSPS) is 20.9. The molecule has 6 heteroatoms. The van der Waals surface area contributed by atoms with Crippen molar-refractivity contribution >= 4 is 39.7 Å². The average Bonchev–Trinajstić information content (AvgIpc) is 3.07. The first-order chi connectivity index (χ1) is 9.19. The van der Waals surface area contributed by atoms with Crippen LogP contribution in [-0.2, 0) is 0 Å². The van der Waals surface area contributed by atoms with Gasteiger partial charge in [0.1, 0.15) is 16.6 Å². The predicted molar refractivity (Wildman–Crippen MR) is 78.1 cm³/mol. The molecule has 19 heavy (non-hydrogen) atoms. The maximum Gasteiger partial charge on any atom is 0.162 e. The molecule has 0 amide bonds. The van der Waals surface area contributed by atoms with Gasteiger partial charge < -0.3 is 5.32 Å². The van der Waals surface area contributed by atoms with Gasteiger partial charge in [-0.05, 0) is 35.6 Å². The summed E-state index contributed by atoms with van der Waals surface area (Å²) in [6.45, 7) is 0. The van der Waals surface area contributed by atoms with E-state index in [0.29, 0.717) is 17.5 Å². The maximum absolute atomic E-state index is 9.02. The second-order valence-corrected chi connectivity index (χ2v) is 6.01. The van der Waals surface area contributed by atoms with E-state index in [-0.39, 0.29) is 5.15 Å². The number of rotatable bonds is 3. The molecular formula is C13H9Cl2N3S. The quantitative estimate of drug-likeness (QED) is 0.920. The molecule has 96 valence electrons. The molecule has 1 N–H and O–H groups in total. The highest BCUT2D eigenvalue weighted by molar-refractivity contribution is 7.10. The Hall–Kier alpha value is -1.28. The van der Waals surface area contributed by atoms with Crippen molar-refractivity contribution in [1.29, 1.82) is 5.26 Å². The van der Waals surface area contributed by atoms with Gasteiger partial charge in [-0.1, -0.05) is 35.3 Å². The van der Waals surface area contributed by atoms with Crippen LogP contribution < -0.4 is 5.32 Å². The molecule has 1 aliphatic carbocycles. The van der Waals surface area contributed by atoms with E-state index in [1.807, 2.05) is 18.2 Å². The molecule has 3 nitrogen and oxygen atoms in total. The van der Waals surface area contributed by atoms with E-state index in [2.05, 4.69) is 21.8 Å². The van der Waals surface area contributed by atoms with E-state index in [9.17, 15) is 0 Å². The number of anilines is 1. The maximum atomic E-state index is 9.02. The van der Waals surface area contributed by atoms with Gasteiger partial charge in [0.2, 0.25) is 0 Å². The van der Waals surface area contributed by atoms with Crippen molar-refractivity contribution in [3.63, 3.8) is 0 Å². The largest absolute Gasteiger partial charge is 0.371 e. The molecule has 1 aromatic carbocycles. The minimum Gasteiger partial charge on any atom is -0.371 e. The second kappa shape index (κ2) is 5.01. The number of hydrogen-bond acceptors (Lipinski definition) is 4. The summed E-state index contributed by atoms with van der Waals surface area (Å²) in [5.41, 5.74) is 1.66. The Kier molecular flexibility index (Phi) is 3.36. The Bertz CT molecular complexity index is 662. The van der Waals surface area contributed by atoms with Crippen LogP contribution in [0.15, 0.2) is 24.3 Å². The lowest BCUT2D eigenvalue weighted by atomic mass is 10.1. The van der Waals surface area contributed by atoms with Gasteiger partial charge in [0, 0.05) is 17.0 Å². The number of hydrogen-bond donors (Lipinski definition) is 1. The summed E-state index contributed by atoms with van der Waals surface area (Å²) in [5.74, 6) is 0.436. The van der Waals surface area contributed by atoms with E-state index in [0.717, 1.165) is 16.4 Å². The van der Waals surface area contributed by atoms with Crippen molar-refractivity contribution in [2.45, 2.75) is 18.4 Å². The highest BCUT2D eigenvalue weighted by Gasteiger charge is 2.39. The molecule has 1 fully saturated rings. The molecule has 0 unspecified atom stereocenters. The third-order valence-electron chi connectivity index (χ3n) is 3.15. The number of nitrogens with one attached hydrogen (secondary N) is 1. The van der Waals surface area contributed by atoms with Crippen LogP contribution in [0.25, 0.3) is 0 Å². The number of nitrogens with zero attached hydrogens (tertiary/aromatic N) is 2. The van der Waals surface area contributed by atoms with E-state index in [1.165, 1.54) is 17.1 Å². The van der Waals surface area contributed by atoms with Crippen molar-refractivity contribution in [3.8, 4) is 6.07 Å². The van der Waals surface area contributed by atoms with Gasteiger partial charge in [-0.3, -0.25) is 0 Å². The monoisotopic (exact) mass is 309 g/mol. The van der Waals surface area contributed by atoms with Gasteiger partial charge in [0.25, 0.3) is 0 Å². The van der Waals surface area contributed by atoms with E-state index in [1.54, 1.807) is 0 Å². The summed E-state index contributed by atoms with van der Waals surface area (Å²) in [4.78, 5) is 0. The first-order valence-electron chi connectivity index (χ1n) is 5.76. The van der Waals surface area contributed by atoms with Crippen LogP contribution in [0.2, 0.25) is 10.2 Å². The van der Waals surface area contributed by atoms with Crippen LogP contribution in [0.4, 0.5) is 5.00 Å². The summed E-state index contributed by atoms with van der Waals surface area (Å²) in [7, 11) is 0. The third-order valence-corrected chi connectivity index (χ3v) is 4.53. The molecule has 0 aliphatic heterocycles. The number of halogens is 2. The fourth-order valence-electron chi connectivity index (χ4n) is 2.09. The van der Waals surface area contributed by atoms with Gasteiger partial charge in [0.05, 0.1) is 0 Å². The lowest BCUT2D eigenvalue weighted by molar-refractivity contribution is 1.05. The van der Waals surface area contributed by atoms with Crippen molar-refractivity contribution in [2.24, 2.45) is 0 Å². The molecule has 0 radical (unpaired) electrons. The zero-order valence-electron chi connectivity index (χ0n) is 9.73. The second-order valence-electron chi connectivity index (χ2n) is 4.44. The Morgan fingerprint density at radius 2 is 2.26 bits per heavy atom. The molecule has 2 aromatic rings. The fourth-order valence-corrected chi connectivity index (χ4v) is 3.29. The molecule has 3 rings (SSSR count). The summed E-state index contributed by atoms with van der Waals surface area (Å²) < 4.78 is 3.98. The van der Waals surface area contributed by atoms with Gasteiger partial charge in [-0.15, -0.1) is 0 Å². The summed E-state index contributed by atoms with van der Waals surface area (Å²) >= 11 is 13.1. The smallest absolute Gasteiger partial charge is 0.162 e. The number of aromatic nitrogens is 1. The lowest BCUT2D eigenvalue weighted by Gasteiger charge is -2.03. The van der Waals surface area contributed by atoms with E-state index >= 15 is 0 Å².